The average Bonchev–Trinajstić information content (AvgIpc) is 3.40. The minimum absolute atomic E-state index is 0.0498. The van der Waals surface area contributed by atoms with Gasteiger partial charge < -0.3 is 24.1 Å². The Bertz CT molecular complexity index is 1010. The van der Waals surface area contributed by atoms with Crippen molar-refractivity contribution in [2.45, 2.75) is 31.7 Å². The number of rotatable bonds is 3. The molecular weight excluding hydrogens is 370 g/mol. The van der Waals surface area contributed by atoms with E-state index < -0.39 is 0 Å². The minimum Gasteiger partial charge on any atom is -0.454 e. The molecule has 2 aromatic carbocycles. The molecule has 2 aliphatic rings. The Morgan fingerprint density at radius 1 is 1.14 bits per heavy atom. The number of carbonyl (C=O) groups is 1. The van der Waals surface area contributed by atoms with Crippen LogP contribution in [0.15, 0.2) is 46.9 Å². The Kier molecular flexibility index (Phi) is 4.50. The van der Waals surface area contributed by atoms with Gasteiger partial charge >= 0.3 is 6.03 Å². The number of urea groups is 1. The van der Waals surface area contributed by atoms with E-state index in [1.165, 1.54) is 0 Å². The summed E-state index contributed by atoms with van der Waals surface area (Å²) in [6.45, 7) is 3.58. The first-order chi connectivity index (χ1) is 14.2. The van der Waals surface area contributed by atoms with Crippen LogP contribution < -0.4 is 14.8 Å². The number of amides is 2. The summed E-state index contributed by atoms with van der Waals surface area (Å²) in [5, 5.41) is 3.08. The van der Waals surface area contributed by atoms with Gasteiger partial charge in [0.05, 0.1) is 6.04 Å². The van der Waals surface area contributed by atoms with Gasteiger partial charge in [-0.15, -0.1) is 0 Å². The van der Waals surface area contributed by atoms with Crippen molar-refractivity contribution in [1.29, 1.82) is 0 Å². The maximum atomic E-state index is 12.7. The number of piperidine rings is 1. The summed E-state index contributed by atoms with van der Waals surface area (Å²) >= 11 is 0. The first-order valence-electron chi connectivity index (χ1n) is 9.98. The number of aromatic nitrogens is 1. The van der Waals surface area contributed by atoms with E-state index in [4.69, 9.17) is 13.9 Å². The number of likely N-dealkylation sites (tertiary alicyclic amines) is 1. The summed E-state index contributed by atoms with van der Waals surface area (Å²) in [5.74, 6) is 2.49. The molecular formula is C22H23N3O4. The Balaban J connectivity index is 1.19. The van der Waals surface area contributed by atoms with Crippen molar-refractivity contribution >= 4 is 17.1 Å². The van der Waals surface area contributed by atoms with Crippen molar-refractivity contribution in [2.75, 3.05) is 19.9 Å². The van der Waals surface area contributed by atoms with E-state index >= 15 is 0 Å². The lowest BCUT2D eigenvalue weighted by Crippen LogP contribution is -2.44. The third kappa shape index (κ3) is 3.48. The highest BCUT2D eigenvalue weighted by molar-refractivity contribution is 5.75. The molecule has 7 nitrogen and oxygen atoms in total. The van der Waals surface area contributed by atoms with Gasteiger partial charge in [0, 0.05) is 19.0 Å². The zero-order chi connectivity index (χ0) is 19.8. The Morgan fingerprint density at radius 2 is 1.93 bits per heavy atom. The van der Waals surface area contributed by atoms with Crippen LogP contribution >= 0.6 is 0 Å². The molecule has 0 bridgehead atoms. The predicted molar refractivity (Wildman–Crippen MR) is 107 cm³/mol. The molecule has 0 spiro atoms. The third-order valence-electron chi connectivity index (χ3n) is 5.68. The van der Waals surface area contributed by atoms with Gasteiger partial charge in [-0.3, -0.25) is 0 Å². The first kappa shape index (κ1) is 17.8. The fraction of sp³-hybridized carbons (Fsp3) is 0.364. The number of nitrogens with zero attached hydrogens (tertiary/aromatic N) is 2. The SMILES string of the molecule is CC(NC(=O)N1CCC(c2nc3ccccc3o2)CC1)c1ccc2c(c1)OCO2. The second-order valence-electron chi connectivity index (χ2n) is 7.57. The van der Waals surface area contributed by atoms with Gasteiger partial charge in [-0.25, -0.2) is 9.78 Å². The quantitative estimate of drug-likeness (QED) is 0.721. The number of carbonyl (C=O) groups excluding carboxylic acids is 1. The van der Waals surface area contributed by atoms with E-state index in [1.54, 1.807) is 0 Å². The lowest BCUT2D eigenvalue weighted by atomic mass is 9.97. The molecule has 29 heavy (non-hydrogen) atoms. The molecule has 3 heterocycles. The molecule has 1 fully saturated rings. The molecule has 5 rings (SSSR count). The molecule has 1 aromatic heterocycles. The molecule has 1 unspecified atom stereocenters. The van der Waals surface area contributed by atoms with Crippen LogP contribution in [0.3, 0.4) is 0 Å². The molecule has 7 heteroatoms. The molecule has 0 radical (unpaired) electrons. The summed E-state index contributed by atoms with van der Waals surface area (Å²) < 4.78 is 16.7. The summed E-state index contributed by atoms with van der Waals surface area (Å²) in [6.07, 6.45) is 1.69. The predicted octanol–water partition coefficient (Wildman–Crippen LogP) is 4.21. The Morgan fingerprint density at radius 3 is 2.76 bits per heavy atom. The van der Waals surface area contributed by atoms with Crippen molar-refractivity contribution in [3.8, 4) is 11.5 Å². The third-order valence-corrected chi connectivity index (χ3v) is 5.68. The monoisotopic (exact) mass is 393 g/mol. The zero-order valence-electron chi connectivity index (χ0n) is 16.3. The van der Waals surface area contributed by atoms with E-state index in [9.17, 15) is 4.79 Å². The molecule has 150 valence electrons. The number of oxazole rings is 1. The van der Waals surface area contributed by atoms with Gasteiger partial charge in [0.1, 0.15) is 5.52 Å². The second kappa shape index (κ2) is 7.31. The number of fused-ring (bicyclic) bond motifs is 2. The zero-order valence-corrected chi connectivity index (χ0v) is 16.3. The molecule has 1 atom stereocenters. The normalized spacial score (nSPS) is 17.5. The van der Waals surface area contributed by atoms with Crippen LogP contribution in [0.25, 0.3) is 11.1 Å². The van der Waals surface area contributed by atoms with Crippen LogP contribution in [0.2, 0.25) is 0 Å². The number of benzene rings is 2. The lowest BCUT2D eigenvalue weighted by molar-refractivity contribution is 0.173. The van der Waals surface area contributed by atoms with E-state index in [-0.39, 0.29) is 24.8 Å². The number of hydrogen-bond donors (Lipinski definition) is 1. The summed E-state index contributed by atoms with van der Waals surface area (Å²) in [7, 11) is 0. The lowest BCUT2D eigenvalue weighted by Gasteiger charge is -2.31. The van der Waals surface area contributed by atoms with E-state index in [2.05, 4.69) is 10.3 Å². The van der Waals surface area contributed by atoms with Crippen LogP contribution in [-0.2, 0) is 0 Å². The van der Waals surface area contributed by atoms with Crippen molar-refractivity contribution in [3.63, 3.8) is 0 Å². The van der Waals surface area contributed by atoms with Gasteiger partial charge in [0.15, 0.2) is 23.0 Å². The fourth-order valence-electron chi connectivity index (χ4n) is 3.94. The number of hydrogen-bond acceptors (Lipinski definition) is 5. The van der Waals surface area contributed by atoms with Crippen molar-refractivity contribution < 1.29 is 18.7 Å². The van der Waals surface area contributed by atoms with Gasteiger partial charge in [0.2, 0.25) is 6.79 Å². The van der Waals surface area contributed by atoms with Crippen LogP contribution in [0.4, 0.5) is 4.79 Å². The summed E-state index contributed by atoms with van der Waals surface area (Å²) in [5.41, 5.74) is 2.70. The standard InChI is InChI=1S/C22H23N3O4/c1-14(16-6-7-19-20(12-16)28-13-27-19)23-22(26)25-10-8-15(9-11-25)21-24-17-4-2-3-5-18(17)29-21/h2-7,12,14-15H,8-11,13H2,1H3,(H,23,26). The Hall–Kier alpha value is -3.22. The largest absolute Gasteiger partial charge is 0.454 e. The molecule has 0 aliphatic carbocycles. The molecule has 1 saturated heterocycles. The number of ether oxygens (including phenoxy) is 2. The highest BCUT2D eigenvalue weighted by Crippen LogP contribution is 2.34. The number of nitrogens with one attached hydrogen (secondary N) is 1. The van der Waals surface area contributed by atoms with E-state index in [0.717, 1.165) is 46.9 Å². The van der Waals surface area contributed by atoms with Crippen molar-refractivity contribution in [2.24, 2.45) is 0 Å². The van der Waals surface area contributed by atoms with Crippen LogP contribution in [0, 0.1) is 0 Å². The average molecular weight is 393 g/mol. The van der Waals surface area contributed by atoms with Crippen LogP contribution in [0.5, 0.6) is 11.5 Å². The molecule has 3 aromatic rings. The maximum Gasteiger partial charge on any atom is 0.317 e. The second-order valence-corrected chi connectivity index (χ2v) is 7.57. The van der Waals surface area contributed by atoms with Gasteiger partial charge in [-0.2, -0.15) is 0 Å². The molecule has 0 saturated carbocycles. The molecule has 2 amide bonds. The van der Waals surface area contributed by atoms with Crippen LogP contribution in [0.1, 0.15) is 43.2 Å². The topological polar surface area (TPSA) is 76.8 Å². The highest BCUT2D eigenvalue weighted by atomic mass is 16.7. The van der Waals surface area contributed by atoms with Gasteiger partial charge in [-0.1, -0.05) is 18.2 Å². The summed E-state index contributed by atoms with van der Waals surface area (Å²) in [4.78, 5) is 19.2. The van der Waals surface area contributed by atoms with Crippen molar-refractivity contribution in [1.82, 2.24) is 15.2 Å². The Labute approximate surface area is 168 Å². The highest BCUT2D eigenvalue weighted by Gasteiger charge is 2.28. The van der Waals surface area contributed by atoms with E-state index in [0.29, 0.717) is 13.1 Å². The number of para-hydroxylation sites is 2. The van der Waals surface area contributed by atoms with Crippen LogP contribution in [-0.4, -0.2) is 35.8 Å². The maximum absolute atomic E-state index is 12.7. The molecule has 1 N–H and O–H groups in total. The molecule has 2 aliphatic heterocycles. The van der Waals surface area contributed by atoms with Crippen molar-refractivity contribution in [3.05, 3.63) is 53.9 Å². The van der Waals surface area contributed by atoms with Gasteiger partial charge in [-0.05, 0) is 49.6 Å². The van der Waals surface area contributed by atoms with E-state index in [1.807, 2.05) is 54.3 Å². The van der Waals surface area contributed by atoms with Gasteiger partial charge in [0.25, 0.3) is 0 Å². The smallest absolute Gasteiger partial charge is 0.317 e. The first-order valence-corrected chi connectivity index (χ1v) is 9.98. The minimum atomic E-state index is -0.119. The summed E-state index contributed by atoms with van der Waals surface area (Å²) in [6, 6.07) is 13.4. The fourth-order valence-corrected chi connectivity index (χ4v) is 3.94.